The molecule has 0 aliphatic carbocycles. The van der Waals surface area contributed by atoms with Gasteiger partial charge in [-0.05, 0) is 61.1 Å². The molecular formula is C21H23ClF3N5O2. The number of halogens is 4. The quantitative estimate of drug-likeness (QED) is 0.744. The number of nitrogens with two attached hydrogens (primary N) is 1. The van der Waals surface area contributed by atoms with Crippen molar-refractivity contribution in [3.63, 3.8) is 0 Å². The summed E-state index contributed by atoms with van der Waals surface area (Å²) >= 11 is 5.91. The van der Waals surface area contributed by atoms with Crippen LogP contribution in [0.25, 0.3) is 0 Å². The molecule has 0 unspecified atom stereocenters. The van der Waals surface area contributed by atoms with Crippen molar-refractivity contribution in [3.8, 4) is 0 Å². The Morgan fingerprint density at radius 1 is 1.12 bits per heavy atom. The number of hydrogen-bond donors (Lipinski definition) is 1. The smallest absolute Gasteiger partial charge is 0.364 e. The Bertz CT molecular complexity index is 1030. The summed E-state index contributed by atoms with van der Waals surface area (Å²) in [7, 11) is 0. The molecule has 32 heavy (non-hydrogen) atoms. The molecule has 2 amide bonds. The van der Waals surface area contributed by atoms with Gasteiger partial charge < -0.3 is 10.6 Å². The molecule has 7 nitrogen and oxygen atoms in total. The predicted molar refractivity (Wildman–Crippen MR) is 111 cm³/mol. The summed E-state index contributed by atoms with van der Waals surface area (Å²) in [4.78, 5) is 27.7. The maximum Gasteiger partial charge on any atom is 0.416 e. The van der Waals surface area contributed by atoms with E-state index in [-0.39, 0.29) is 22.2 Å². The standard InChI is InChI=1S/C21H23ClF3N5O2/c22-16-10-14(9-15(11-16)21(23,24)25)12-28-6-2-20(13-28)3-7-29(8-4-20)19(32)30-5-1-17(27-30)18(26)31/h1,5,9-11H,2-4,6-8,12-13H2,(H2,26,31). The van der Waals surface area contributed by atoms with E-state index in [1.54, 1.807) is 11.0 Å². The second-order valence-corrected chi connectivity index (χ2v) is 9.02. The first-order valence-electron chi connectivity index (χ1n) is 10.3. The fourth-order valence-corrected chi connectivity index (χ4v) is 4.87. The highest BCUT2D eigenvalue weighted by atomic mass is 35.5. The van der Waals surface area contributed by atoms with E-state index in [0.717, 1.165) is 49.2 Å². The fourth-order valence-electron chi connectivity index (χ4n) is 4.61. The maximum atomic E-state index is 13.1. The van der Waals surface area contributed by atoms with Gasteiger partial charge in [-0.2, -0.15) is 23.0 Å². The van der Waals surface area contributed by atoms with E-state index in [4.69, 9.17) is 17.3 Å². The molecule has 1 spiro atoms. The molecule has 3 heterocycles. The molecule has 0 saturated carbocycles. The zero-order chi connectivity index (χ0) is 23.1. The minimum atomic E-state index is -4.43. The summed E-state index contributed by atoms with van der Waals surface area (Å²) in [5.41, 5.74) is 5.05. The van der Waals surface area contributed by atoms with E-state index in [1.165, 1.54) is 12.3 Å². The summed E-state index contributed by atoms with van der Waals surface area (Å²) in [6.07, 6.45) is -0.497. The van der Waals surface area contributed by atoms with Crippen molar-refractivity contribution in [2.45, 2.75) is 32.0 Å². The number of benzene rings is 1. The highest BCUT2D eigenvalue weighted by molar-refractivity contribution is 6.30. The molecule has 2 saturated heterocycles. The minimum Gasteiger partial charge on any atom is -0.364 e. The van der Waals surface area contributed by atoms with Gasteiger partial charge in [0.15, 0.2) is 5.69 Å². The van der Waals surface area contributed by atoms with Gasteiger partial charge in [-0.1, -0.05) is 11.6 Å². The molecule has 2 aliphatic rings. The van der Waals surface area contributed by atoms with Gasteiger partial charge >= 0.3 is 12.2 Å². The van der Waals surface area contributed by atoms with Crippen LogP contribution in [-0.4, -0.2) is 57.7 Å². The van der Waals surface area contributed by atoms with Gasteiger partial charge in [0.05, 0.1) is 5.56 Å². The Hall–Kier alpha value is -2.59. The zero-order valence-electron chi connectivity index (χ0n) is 17.2. The van der Waals surface area contributed by atoms with E-state index in [9.17, 15) is 22.8 Å². The van der Waals surface area contributed by atoms with E-state index >= 15 is 0 Å². The minimum absolute atomic E-state index is 0.0325. The zero-order valence-corrected chi connectivity index (χ0v) is 18.0. The van der Waals surface area contributed by atoms with Crippen LogP contribution >= 0.6 is 11.6 Å². The van der Waals surface area contributed by atoms with Crippen molar-refractivity contribution in [2.24, 2.45) is 11.1 Å². The van der Waals surface area contributed by atoms with Gasteiger partial charge in [0.2, 0.25) is 0 Å². The van der Waals surface area contributed by atoms with Crippen molar-refractivity contribution in [2.75, 3.05) is 26.2 Å². The molecule has 0 radical (unpaired) electrons. The van der Waals surface area contributed by atoms with Gasteiger partial charge in [-0.25, -0.2) is 4.79 Å². The number of primary amides is 1. The highest BCUT2D eigenvalue weighted by Gasteiger charge is 2.41. The number of aromatic nitrogens is 2. The SMILES string of the molecule is NC(=O)c1ccn(C(=O)N2CCC3(CCN(Cc4cc(Cl)cc(C(F)(F)F)c4)C3)CC2)n1. The van der Waals surface area contributed by atoms with Crippen LogP contribution in [0.15, 0.2) is 30.5 Å². The van der Waals surface area contributed by atoms with Crippen molar-refractivity contribution in [3.05, 3.63) is 52.3 Å². The lowest BCUT2D eigenvalue weighted by Crippen LogP contribution is -2.45. The lowest BCUT2D eigenvalue weighted by molar-refractivity contribution is -0.137. The normalized spacial score (nSPS) is 18.9. The van der Waals surface area contributed by atoms with Crippen molar-refractivity contribution in [1.29, 1.82) is 0 Å². The Labute approximate surface area is 187 Å². The van der Waals surface area contributed by atoms with Gasteiger partial charge in [0.25, 0.3) is 5.91 Å². The molecule has 2 fully saturated rings. The molecule has 1 aromatic heterocycles. The van der Waals surface area contributed by atoms with Crippen molar-refractivity contribution >= 4 is 23.5 Å². The van der Waals surface area contributed by atoms with Gasteiger partial charge in [0.1, 0.15) is 0 Å². The van der Waals surface area contributed by atoms with Crippen LogP contribution in [0.3, 0.4) is 0 Å². The molecule has 2 aliphatic heterocycles. The van der Waals surface area contributed by atoms with E-state index < -0.39 is 17.6 Å². The molecule has 1 aromatic carbocycles. The lowest BCUT2D eigenvalue weighted by atomic mass is 9.78. The number of amides is 2. The number of alkyl halides is 3. The first kappa shape index (κ1) is 22.6. The summed E-state index contributed by atoms with van der Waals surface area (Å²) in [6, 6.07) is 4.77. The summed E-state index contributed by atoms with van der Waals surface area (Å²) in [5, 5.41) is 3.99. The highest BCUT2D eigenvalue weighted by Crippen LogP contribution is 2.41. The van der Waals surface area contributed by atoms with Crippen LogP contribution in [-0.2, 0) is 12.7 Å². The number of carbonyl (C=O) groups is 2. The molecule has 2 N–H and O–H groups in total. The number of nitrogens with zero attached hydrogens (tertiary/aromatic N) is 4. The number of piperidine rings is 1. The average Bonchev–Trinajstić information content (AvgIpc) is 3.35. The van der Waals surface area contributed by atoms with Crippen LogP contribution in [0, 0.1) is 5.41 Å². The van der Waals surface area contributed by atoms with Gasteiger partial charge in [-0.3, -0.25) is 9.69 Å². The van der Waals surface area contributed by atoms with Gasteiger partial charge in [-0.15, -0.1) is 0 Å². The molecular weight excluding hydrogens is 447 g/mol. The largest absolute Gasteiger partial charge is 0.416 e. The molecule has 11 heteroatoms. The fraction of sp³-hybridized carbons (Fsp3) is 0.476. The molecule has 172 valence electrons. The number of hydrogen-bond acceptors (Lipinski definition) is 4. The first-order chi connectivity index (χ1) is 15.0. The second-order valence-electron chi connectivity index (χ2n) is 8.59. The van der Waals surface area contributed by atoms with Gasteiger partial charge in [0, 0.05) is 37.4 Å². The second kappa shape index (κ2) is 8.40. The monoisotopic (exact) mass is 469 g/mol. The molecule has 0 atom stereocenters. The Balaban J connectivity index is 1.35. The Morgan fingerprint density at radius 2 is 1.81 bits per heavy atom. The van der Waals surface area contributed by atoms with Crippen LogP contribution in [0.5, 0.6) is 0 Å². The topological polar surface area (TPSA) is 84.5 Å². The first-order valence-corrected chi connectivity index (χ1v) is 10.7. The number of likely N-dealkylation sites (tertiary alicyclic amines) is 2. The van der Waals surface area contributed by atoms with E-state index in [2.05, 4.69) is 10.00 Å². The van der Waals surface area contributed by atoms with Crippen LogP contribution in [0.2, 0.25) is 5.02 Å². The van der Waals surface area contributed by atoms with E-state index in [0.29, 0.717) is 25.2 Å². The predicted octanol–water partition coefficient (Wildman–Crippen LogP) is 3.61. The van der Waals surface area contributed by atoms with Crippen LogP contribution in [0.1, 0.15) is 40.9 Å². The maximum absolute atomic E-state index is 13.1. The lowest BCUT2D eigenvalue weighted by Gasteiger charge is -2.39. The Morgan fingerprint density at radius 3 is 2.44 bits per heavy atom. The summed E-state index contributed by atoms with van der Waals surface area (Å²) in [5.74, 6) is -0.692. The van der Waals surface area contributed by atoms with Crippen molar-refractivity contribution < 1.29 is 22.8 Å². The Kier molecular flexibility index (Phi) is 5.93. The van der Waals surface area contributed by atoms with Crippen LogP contribution < -0.4 is 5.73 Å². The number of carbonyl (C=O) groups excluding carboxylic acids is 2. The molecule has 4 rings (SSSR count). The molecule has 0 bridgehead atoms. The molecule has 2 aromatic rings. The number of rotatable bonds is 3. The third-order valence-electron chi connectivity index (χ3n) is 6.34. The van der Waals surface area contributed by atoms with Crippen LogP contribution in [0.4, 0.5) is 18.0 Å². The third kappa shape index (κ3) is 4.75. The average molecular weight is 470 g/mol. The summed E-state index contributed by atoms with van der Waals surface area (Å²) in [6.45, 7) is 3.04. The summed E-state index contributed by atoms with van der Waals surface area (Å²) < 4.78 is 40.4. The third-order valence-corrected chi connectivity index (χ3v) is 6.56. The van der Waals surface area contributed by atoms with E-state index in [1.807, 2.05) is 0 Å². The van der Waals surface area contributed by atoms with Crippen molar-refractivity contribution in [1.82, 2.24) is 19.6 Å².